The van der Waals surface area contributed by atoms with Gasteiger partial charge in [-0.2, -0.15) is 8.78 Å². The molecule has 0 spiro atoms. The topological polar surface area (TPSA) is 47.6 Å². The van der Waals surface area contributed by atoms with E-state index in [1.807, 2.05) is 24.3 Å². The third-order valence-corrected chi connectivity index (χ3v) is 4.61. The van der Waals surface area contributed by atoms with Gasteiger partial charge in [0.2, 0.25) is 5.91 Å². The van der Waals surface area contributed by atoms with Gasteiger partial charge in [0.25, 0.3) is 0 Å². The maximum Gasteiger partial charge on any atom is 0.330 e. The van der Waals surface area contributed by atoms with Crippen molar-refractivity contribution in [3.63, 3.8) is 0 Å². The second-order valence-corrected chi connectivity index (χ2v) is 6.88. The number of hydrogen-bond donors (Lipinski definition) is 1. The van der Waals surface area contributed by atoms with Gasteiger partial charge in [0.15, 0.2) is 0 Å². The summed E-state index contributed by atoms with van der Waals surface area (Å²) < 4.78 is 60.4. The Hall–Kier alpha value is -2.61. The Morgan fingerprint density at radius 3 is 2.79 bits per heavy atom. The molecule has 2 aromatic rings. The van der Waals surface area contributed by atoms with Crippen molar-refractivity contribution in [2.75, 3.05) is 18.5 Å². The van der Waals surface area contributed by atoms with Crippen LogP contribution in [0.25, 0.3) is 0 Å². The first-order valence-corrected chi connectivity index (χ1v) is 9.19. The van der Waals surface area contributed by atoms with E-state index in [9.17, 15) is 22.4 Å². The Labute approximate surface area is 165 Å². The predicted octanol–water partition coefficient (Wildman–Crippen LogP) is 5.00. The average Bonchev–Trinajstić information content (AvgIpc) is 2.68. The predicted molar refractivity (Wildman–Crippen MR) is 99.6 cm³/mol. The van der Waals surface area contributed by atoms with Gasteiger partial charge >= 0.3 is 12.3 Å². The fraction of sp³-hybridized carbons (Fsp3) is 0.381. The lowest BCUT2D eigenvalue weighted by molar-refractivity contribution is -0.168. The number of hydrogen-bond acceptors (Lipinski definition) is 3. The molecule has 29 heavy (non-hydrogen) atoms. The Morgan fingerprint density at radius 2 is 2.00 bits per heavy atom. The van der Waals surface area contributed by atoms with E-state index >= 15 is 0 Å². The number of carbonyl (C=O) groups is 1. The third-order valence-electron chi connectivity index (χ3n) is 4.61. The molecule has 8 heteroatoms. The fourth-order valence-electron chi connectivity index (χ4n) is 3.17. The first-order valence-electron chi connectivity index (χ1n) is 9.19. The molecule has 1 heterocycles. The van der Waals surface area contributed by atoms with E-state index in [1.165, 1.54) is 0 Å². The summed E-state index contributed by atoms with van der Waals surface area (Å²) in [4.78, 5) is 12.5. The van der Waals surface area contributed by atoms with Crippen LogP contribution in [0.1, 0.15) is 29.9 Å². The summed E-state index contributed by atoms with van der Waals surface area (Å²) in [6, 6.07) is 14.1. The van der Waals surface area contributed by atoms with E-state index in [0.29, 0.717) is 17.9 Å². The van der Waals surface area contributed by atoms with Crippen LogP contribution in [0, 0.1) is 0 Å². The second-order valence-electron chi connectivity index (χ2n) is 6.88. The molecule has 0 saturated heterocycles. The number of rotatable bonds is 8. The van der Waals surface area contributed by atoms with Crippen molar-refractivity contribution in [1.82, 2.24) is 0 Å². The van der Waals surface area contributed by atoms with E-state index in [0.717, 1.165) is 17.7 Å². The van der Waals surface area contributed by atoms with Gasteiger partial charge in [-0.1, -0.05) is 30.3 Å². The minimum atomic E-state index is -4.19. The quantitative estimate of drug-likeness (QED) is 0.622. The summed E-state index contributed by atoms with van der Waals surface area (Å²) >= 11 is 0. The standard InChI is InChI=1S/C21H21F4NO3/c22-20(23)21(24,25)13-28-12-14-4-3-5-16(10-14)26-19(27)11-15-8-9-29-18-7-2-1-6-17(15)18/h1-7,10,15,20H,8-9,11-13H2,(H,26,27). The molecule has 0 aromatic heterocycles. The minimum absolute atomic E-state index is 0.0445. The van der Waals surface area contributed by atoms with E-state index in [1.54, 1.807) is 24.3 Å². The maximum absolute atomic E-state index is 12.9. The third kappa shape index (κ3) is 5.69. The average molecular weight is 411 g/mol. The zero-order valence-electron chi connectivity index (χ0n) is 15.5. The molecule has 1 atom stereocenters. The van der Waals surface area contributed by atoms with Gasteiger partial charge in [-0.3, -0.25) is 4.79 Å². The van der Waals surface area contributed by atoms with Gasteiger partial charge in [0, 0.05) is 12.1 Å². The molecular formula is C21H21F4NO3. The summed E-state index contributed by atoms with van der Waals surface area (Å²) in [6.45, 7) is -1.09. The number of benzene rings is 2. The van der Waals surface area contributed by atoms with Crippen molar-refractivity contribution in [1.29, 1.82) is 0 Å². The van der Waals surface area contributed by atoms with E-state index in [4.69, 9.17) is 9.47 Å². The Bertz CT molecular complexity index is 844. The Kier molecular flexibility index (Phi) is 6.74. The molecule has 0 fully saturated rings. The number of carbonyl (C=O) groups excluding carboxylic acids is 1. The highest BCUT2D eigenvalue weighted by molar-refractivity contribution is 5.91. The van der Waals surface area contributed by atoms with Gasteiger partial charge in [-0.05, 0) is 41.7 Å². The second kappa shape index (κ2) is 9.26. The molecule has 1 amide bonds. The van der Waals surface area contributed by atoms with Gasteiger partial charge in [0.05, 0.1) is 13.2 Å². The van der Waals surface area contributed by atoms with Crippen LogP contribution < -0.4 is 10.1 Å². The highest BCUT2D eigenvalue weighted by Crippen LogP contribution is 2.35. The number of fused-ring (bicyclic) bond motifs is 1. The normalized spacial score (nSPS) is 16.2. The first kappa shape index (κ1) is 21.1. The zero-order chi connectivity index (χ0) is 20.9. The number of halogens is 4. The molecule has 0 radical (unpaired) electrons. The minimum Gasteiger partial charge on any atom is -0.493 e. The number of para-hydroxylation sites is 1. The number of alkyl halides is 4. The molecule has 156 valence electrons. The van der Waals surface area contributed by atoms with Crippen LogP contribution in [-0.2, 0) is 16.1 Å². The molecule has 1 aliphatic heterocycles. The summed E-state index contributed by atoms with van der Waals surface area (Å²) in [5.41, 5.74) is 1.97. The lowest BCUT2D eigenvalue weighted by Gasteiger charge is -2.25. The van der Waals surface area contributed by atoms with Crippen LogP contribution in [0.2, 0.25) is 0 Å². The molecule has 0 saturated carbocycles. The molecule has 0 bridgehead atoms. The van der Waals surface area contributed by atoms with Crippen molar-refractivity contribution in [3.8, 4) is 5.75 Å². The largest absolute Gasteiger partial charge is 0.493 e. The smallest absolute Gasteiger partial charge is 0.330 e. The zero-order valence-corrected chi connectivity index (χ0v) is 15.5. The molecule has 2 aromatic carbocycles. The van der Waals surface area contributed by atoms with E-state index < -0.39 is 19.0 Å². The summed E-state index contributed by atoms with van der Waals surface area (Å²) in [5, 5.41) is 2.78. The van der Waals surface area contributed by atoms with E-state index in [-0.39, 0.29) is 24.9 Å². The lowest BCUT2D eigenvalue weighted by atomic mass is 9.90. The molecule has 4 nitrogen and oxygen atoms in total. The summed E-state index contributed by atoms with van der Waals surface area (Å²) in [5.74, 6) is -3.54. The van der Waals surface area contributed by atoms with Gasteiger partial charge < -0.3 is 14.8 Å². The highest BCUT2D eigenvalue weighted by atomic mass is 19.3. The number of anilines is 1. The fourth-order valence-corrected chi connectivity index (χ4v) is 3.17. The molecule has 3 rings (SSSR count). The van der Waals surface area contributed by atoms with Crippen LogP contribution in [-0.4, -0.2) is 31.5 Å². The van der Waals surface area contributed by atoms with E-state index in [2.05, 4.69) is 5.32 Å². The summed E-state index contributed by atoms with van der Waals surface area (Å²) in [7, 11) is 0. The molecule has 1 aliphatic rings. The molecule has 1 N–H and O–H groups in total. The van der Waals surface area contributed by atoms with Gasteiger partial charge in [0.1, 0.15) is 12.4 Å². The number of ether oxygens (including phenoxy) is 2. The van der Waals surface area contributed by atoms with Crippen molar-refractivity contribution in [2.45, 2.75) is 37.7 Å². The van der Waals surface area contributed by atoms with Crippen molar-refractivity contribution in [2.24, 2.45) is 0 Å². The Balaban J connectivity index is 1.54. The van der Waals surface area contributed by atoms with Crippen LogP contribution in [0.4, 0.5) is 23.2 Å². The monoisotopic (exact) mass is 411 g/mol. The van der Waals surface area contributed by atoms with Crippen LogP contribution in [0.15, 0.2) is 48.5 Å². The summed E-state index contributed by atoms with van der Waals surface area (Å²) in [6.07, 6.45) is -2.76. The van der Waals surface area contributed by atoms with Crippen LogP contribution in [0.5, 0.6) is 5.75 Å². The number of amides is 1. The van der Waals surface area contributed by atoms with Crippen LogP contribution >= 0.6 is 0 Å². The van der Waals surface area contributed by atoms with Gasteiger partial charge in [-0.25, -0.2) is 8.78 Å². The van der Waals surface area contributed by atoms with Crippen molar-refractivity contribution in [3.05, 3.63) is 59.7 Å². The molecular weight excluding hydrogens is 390 g/mol. The van der Waals surface area contributed by atoms with Crippen molar-refractivity contribution < 1.29 is 31.8 Å². The number of nitrogens with one attached hydrogen (secondary N) is 1. The Morgan fingerprint density at radius 1 is 1.21 bits per heavy atom. The highest BCUT2D eigenvalue weighted by Gasteiger charge is 2.40. The lowest BCUT2D eigenvalue weighted by Crippen LogP contribution is -2.32. The molecule has 1 unspecified atom stereocenters. The van der Waals surface area contributed by atoms with Crippen molar-refractivity contribution >= 4 is 11.6 Å². The molecule has 0 aliphatic carbocycles. The van der Waals surface area contributed by atoms with Crippen LogP contribution in [0.3, 0.4) is 0 Å². The first-order chi connectivity index (χ1) is 13.8. The maximum atomic E-state index is 12.9. The SMILES string of the molecule is O=C(CC1CCOc2ccccc21)Nc1cccc(COCC(F)(F)C(F)F)c1. The van der Waals surface area contributed by atoms with Gasteiger partial charge in [-0.15, -0.1) is 0 Å².